The summed E-state index contributed by atoms with van der Waals surface area (Å²) in [5.74, 6) is 0.449. The van der Waals surface area contributed by atoms with Crippen LogP contribution in [0.2, 0.25) is 0 Å². The molecule has 0 N–H and O–H groups in total. The van der Waals surface area contributed by atoms with Crippen molar-refractivity contribution in [1.82, 2.24) is 9.80 Å². The summed E-state index contributed by atoms with van der Waals surface area (Å²) in [5.41, 5.74) is 2.44. The van der Waals surface area contributed by atoms with Gasteiger partial charge in [-0.2, -0.15) is 0 Å². The summed E-state index contributed by atoms with van der Waals surface area (Å²) in [5, 5.41) is 0. The number of amides is 2. The second kappa shape index (κ2) is 7.03. The minimum absolute atomic E-state index is 0.128. The van der Waals surface area contributed by atoms with Gasteiger partial charge < -0.3 is 9.80 Å². The third-order valence-electron chi connectivity index (χ3n) is 5.82. The molecule has 0 radical (unpaired) electrons. The van der Waals surface area contributed by atoms with Crippen LogP contribution in [0.4, 0.5) is 0 Å². The molecule has 2 unspecified atom stereocenters. The summed E-state index contributed by atoms with van der Waals surface area (Å²) in [4.78, 5) is 29.7. The summed E-state index contributed by atoms with van der Waals surface area (Å²) < 4.78 is 0. The molecule has 1 aromatic carbocycles. The van der Waals surface area contributed by atoms with Crippen molar-refractivity contribution in [1.29, 1.82) is 0 Å². The lowest BCUT2D eigenvalue weighted by molar-refractivity contribution is -0.147. The van der Waals surface area contributed by atoms with Gasteiger partial charge in [-0.3, -0.25) is 9.59 Å². The van der Waals surface area contributed by atoms with Crippen molar-refractivity contribution in [3.05, 3.63) is 41.5 Å². The van der Waals surface area contributed by atoms with Gasteiger partial charge >= 0.3 is 0 Å². The number of hydrogen-bond donors (Lipinski definition) is 0. The van der Waals surface area contributed by atoms with Gasteiger partial charge in [-0.05, 0) is 43.2 Å². The van der Waals surface area contributed by atoms with Crippen LogP contribution in [0.25, 0.3) is 6.08 Å². The van der Waals surface area contributed by atoms with Crippen molar-refractivity contribution in [2.45, 2.75) is 50.5 Å². The van der Waals surface area contributed by atoms with E-state index < -0.39 is 0 Å². The average Bonchev–Trinajstić information content (AvgIpc) is 3.32. The highest BCUT2D eigenvalue weighted by Gasteiger charge is 2.36. The zero-order chi connectivity index (χ0) is 17.2. The van der Waals surface area contributed by atoms with Crippen LogP contribution < -0.4 is 0 Å². The molecule has 3 aliphatic rings. The largest absolute Gasteiger partial charge is 0.341 e. The first-order valence-corrected chi connectivity index (χ1v) is 9.59. The van der Waals surface area contributed by atoms with Crippen LogP contribution >= 0.6 is 0 Å². The monoisotopic (exact) mass is 338 g/mol. The molecule has 2 heterocycles. The summed E-state index contributed by atoms with van der Waals surface area (Å²) in [6, 6.07) is 8.03. The lowest BCUT2D eigenvalue weighted by Crippen LogP contribution is -2.52. The Labute approximate surface area is 149 Å². The fraction of sp³-hybridized carbons (Fsp3) is 0.524. The average molecular weight is 338 g/mol. The van der Waals surface area contributed by atoms with Gasteiger partial charge in [-0.1, -0.05) is 36.4 Å². The molecule has 0 bridgehead atoms. The second-order valence-electron chi connectivity index (χ2n) is 7.43. The van der Waals surface area contributed by atoms with Crippen LogP contribution in [-0.4, -0.2) is 47.3 Å². The number of benzene rings is 1. The molecule has 1 aromatic rings. The van der Waals surface area contributed by atoms with Gasteiger partial charge in [0, 0.05) is 32.0 Å². The maximum Gasteiger partial charge on any atom is 0.245 e. The Kier molecular flexibility index (Phi) is 4.60. The number of rotatable bonds is 3. The first kappa shape index (κ1) is 16.4. The van der Waals surface area contributed by atoms with E-state index in [1.807, 2.05) is 21.9 Å². The first-order chi connectivity index (χ1) is 12.2. The smallest absolute Gasteiger partial charge is 0.245 e. The number of piperidine rings is 1. The lowest BCUT2D eigenvalue weighted by atomic mass is 9.95. The number of hydrogen-bond acceptors (Lipinski definition) is 2. The standard InChI is InChI=1S/C21H26N2O2/c24-20(15-17-11-10-16-7-1-2-8-18(16)17)23-14-4-3-9-19(23)21(25)22-12-5-6-13-22/h1-2,7-8,10-11,17,19H,3-6,9,12-15H2. The van der Waals surface area contributed by atoms with Crippen LogP contribution in [0, 0.1) is 0 Å². The molecule has 2 saturated heterocycles. The molecule has 25 heavy (non-hydrogen) atoms. The van der Waals surface area contributed by atoms with Gasteiger partial charge in [0.1, 0.15) is 6.04 Å². The van der Waals surface area contributed by atoms with Crippen molar-refractivity contribution < 1.29 is 9.59 Å². The molecular weight excluding hydrogens is 312 g/mol. The molecule has 1 aliphatic carbocycles. The van der Waals surface area contributed by atoms with Gasteiger partial charge in [-0.15, -0.1) is 0 Å². The van der Waals surface area contributed by atoms with Crippen LogP contribution in [0.15, 0.2) is 30.3 Å². The van der Waals surface area contributed by atoms with Crippen molar-refractivity contribution in [2.75, 3.05) is 19.6 Å². The van der Waals surface area contributed by atoms with E-state index in [1.165, 1.54) is 11.1 Å². The molecule has 4 heteroatoms. The Bertz CT molecular complexity index is 691. The minimum atomic E-state index is -0.236. The lowest BCUT2D eigenvalue weighted by Gasteiger charge is -2.37. The molecule has 4 rings (SSSR count). The molecule has 2 fully saturated rings. The quantitative estimate of drug-likeness (QED) is 0.849. The van der Waals surface area contributed by atoms with Gasteiger partial charge in [0.25, 0.3) is 0 Å². The summed E-state index contributed by atoms with van der Waals surface area (Å²) in [6.07, 6.45) is 9.76. The molecule has 132 valence electrons. The van der Waals surface area contributed by atoms with Gasteiger partial charge in [0.2, 0.25) is 11.8 Å². The van der Waals surface area contributed by atoms with E-state index in [1.54, 1.807) is 0 Å². The number of carbonyl (C=O) groups is 2. The molecule has 4 nitrogen and oxygen atoms in total. The number of carbonyl (C=O) groups excluding carboxylic acids is 2. The van der Waals surface area contributed by atoms with Gasteiger partial charge in [0.15, 0.2) is 0 Å². The summed E-state index contributed by atoms with van der Waals surface area (Å²) in [7, 11) is 0. The SMILES string of the molecule is O=C(C1CCCCN1C(=O)CC1C=Cc2ccccc21)N1CCCC1. The van der Waals surface area contributed by atoms with E-state index in [-0.39, 0.29) is 23.8 Å². The first-order valence-electron chi connectivity index (χ1n) is 9.59. The Hall–Kier alpha value is -2.10. The predicted molar refractivity (Wildman–Crippen MR) is 98.0 cm³/mol. The van der Waals surface area contributed by atoms with Gasteiger partial charge in [0.05, 0.1) is 0 Å². The Morgan fingerprint density at radius 3 is 2.60 bits per heavy atom. The van der Waals surface area contributed by atoms with E-state index >= 15 is 0 Å². The number of likely N-dealkylation sites (tertiary alicyclic amines) is 2. The maximum atomic E-state index is 13.0. The molecule has 2 amide bonds. The fourth-order valence-corrected chi connectivity index (χ4v) is 4.44. The van der Waals surface area contributed by atoms with E-state index in [0.717, 1.165) is 51.7 Å². The highest BCUT2D eigenvalue weighted by molar-refractivity contribution is 5.88. The molecule has 2 atom stereocenters. The minimum Gasteiger partial charge on any atom is -0.341 e. The maximum absolute atomic E-state index is 13.0. The molecule has 0 saturated carbocycles. The van der Waals surface area contributed by atoms with Crippen molar-refractivity contribution in [3.8, 4) is 0 Å². The van der Waals surface area contributed by atoms with Crippen LogP contribution in [0.5, 0.6) is 0 Å². The van der Waals surface area contributed by atoms with E-state index in [0.29, 0.717) is 6.42 Å². The zero-order valence-electron chi connectivity index (χ0n) is 14.7. The summed E-state index contributed by atoms with van der Waals surface area (Å²) in [6.45, 7) is 2.44. The van der Waals surface area contributed by atoms with Gasteiger partial charge in [-0.25, -0.2) is 0 Å². The third-order valence-corrected chi connectivity index (χ3v) is 5.82. The fourth-order valence-electron chi connectivity index (χ4n) is 4.44. The highest BCUT2D eigenvalue weighted by atomic mass is 16.2. The Morgan fingerprint density at radius 2 is 1.76 bits per heavy atom. The van der Waals surface area contributed by atoms with Crippen LogP contribution in [0.3, 0.4) is 0 Å². The van der Waals surface area contributed by atoms with Crippen molar-refractivity contribution >= 4 is 17.9 Å². The predicted octanol–water partition coefficient (Wildman–Crippen LogP) is 3.19. The van der Waals surface area contributed by atoms with E-state index in [9.17, 15) is 9.59 Å². The topological polar surface area (TPSA) is 40.6 Å². The highest BCUT2D eigenvalue weighted by Crippen LogP contribution is 2.33. The number of fused-ring (bicyclic) bond motifs is 1. The number of allylic oxidation sites excluding steroid dienone is 1. The molecule has 2 aliphatic heterocycles. The number of nitrogens with zero attached hydrogens (tertiary/aromatic N) is 2. The van der Waals surface area contributed by atoms with Crippen LogP contribution in [0.1, 0.15) is 55.6 Å². The zero-order valence-corrected chi connectivity index (χ0v) is 14.7. The molecule has 0 aromatic heterocycles. The van der Waals surface area contributed by atoms with Crippen LogP contribution in [-0.2, 0) is 9.59 Å². The Morgan fingerprint density at radius 1 is 1.00 bits per heavy atom. The normalized spacial score (nSPS) is 25.3. The Balaban J connectivity index is 1.46. The van der Waals surface area contributed by atoms with E-state index in [2.05, 4.69) is 24.3 Å². The molecule has 0 spiro atoms. The van der Waals surface area contributed by atoms with E-state index in [4.69, 9.17) is 0 Å². The molecular formula is C21H26N2O2. The van der Waals surface area contributed by atoms with Crippen molar-refractivity contribution in [3.63, 3.8) is 0 Å². The second-order valence-corrected chi connectivity index (χ2v) is 7.43. The third kappa shape index (κ3) is 3.22. The summed E-state index contributed by atoms with van der Waals surface area (Å²) >= 11 is 0. The van der Waals surface area contributed by atoms with Crippen molar-refractivity contribution in [2.24, 2.45) is 0 Å².